The van der Waals surface area contributed by atoms with Crippen LogP contribution in [0.25, 0.3) is 0 Å². The summed E-state index contributed by atoms with van der Waals surface area (Å²) in [5.74, 6) is 0. The van der Waals surface area contributed by atoms with Crippen molar-refractivity contribution >= 4 is 25.0 Å². The lowest BCUT2D eigenvalue weighted by Crippen LogP contribution is -2.50. The molecule has 8 heteroatoms. The Balaban J connectivity index is 2.30. The van der Waals surface area contributed by atoms with Gasteiger partial charge in [-0.05, 0) is 119 Å². The SMILES string of the molecule is C=CCCCC[C@@H]1CC[C@@H]([C@H](CC[C@H](O[Si](C)(C)C(C)(C)C)[C@@H]2CC[C@H]([C@H](CCCCCCCCCC)O[Si](C)(C)C(C)(C)C)O2)O[Si](C)(C)C(C)(C)C)O1. The van der Waals surface area contributed by atoms with Crippen molar-refractivity contribution in [2.75, 3.05) is 0 Å². The van der Waals surface area contributed by atoms with Gasteiger partial charge in [-0.25, -0.2) is 0 Å². The first-order valence-corrected chi connectivity index (χ1v) is 32.0. The van der Waals surface area contributed by atoms with Gasteiger partial charge in [0.25, 0.3) is 0 Å². The molecule has 0 N–H and O–H groups in total. The summed E-state index contributed by atoms with van der Waals surface area (Å²) < 4.78 is 36.1. The molecule has 2 fully saturated rings. The molecule has 7 atom stereocenters. The monoisotopic (exact) mass is 825 g/mol. The summed E-state index contributed by atoms with van der Waals surface area (Å²) in [6.07, 6.45) is 25.7. The van der Waals surface area contributed by atoms with Gasteiger partial charge in [-0.15, -0.1) is 6.58 Å². The van der Waals surface area contributed by atoms with Crippen LogP contribution in [0.1, 0.15) is 191 Å². The fourth-order valence-electron chi connectivity index (χ4n) is 7.55. The average Bonchev–Trinajstić information content (AvgIpc) is 3.74. The predicted molar refractivity (Wildman–Crippen MR) is 247 cm³/mol. The van der Waals surface area contributed by atoms with E-state index in [1.165, 1.54) is 64.2 Å². The van der Waals surface area contributed by atoms with Crippen molar-refractivity contribution in [3.05, 3.63) is 12.7 Å². The van der Waals surface area contributed by atoms with E-state index >= 15 is 0 Å². The topological polar surface area (TPSA) is 46.2 Å². The van der Waals surface area contributed by atoms with Crippen molar-refractivity contribution in [2.24, 2.45) is 0 Å². The number of allylic oxidation sites excluding steroid dienone is 1. The van der Waals surface area contributed by atoms with Crippen molar-refractivity contribution in [2.45, 2.75) is 288 Å². The van der Waals surface area contributed by atoms with Crippen LogP contribution in [0.5, 0.6) is 0 Å². The van der Waals surface area contributed by atoms with Crippen molar-refractivity contribution in [3.8, 4) is 0 Å². The first-order chi connectivity index (χ1) is 25.3. The lowest BCUT2D eigenvalue weighted by Gasteiger charge is -2.43. The van der Waals surface area contributed by atoms with Crippen molar-refractivity contribution in [1.82, 2.24) is 0 Å². The van der Waals surface area contributed by atoms with Crippen LogP contribution in [0, 0.1) is 0 Å². The molecule has 2 aliphatic heterocycles. The van der Waals surface area contributed by atoms with Crippen LogP contribution in [0.2, 0.25) is 54.4 Å². The zero-order chi connectivity index (χ0) is 41.7. The van der Waals surface area contributed by atoms with Gasteiger partial charge in [-0.3, -0.25) is 0 Å². The first kappa shape index (κ1) is 51.3. The second kappa shape index (κ2) is 22.7. The molecule has 2 aliphatic rings. The number of hydrogen-bond donors (Lipinski definition) is 0. The van der Waals surface area contributed by atoms with Crippen molar-refractivity contribution < 1.29 is 22.8 Å². The average molecular weight is 826 g/mol. The Kier molecular flexibility index (Phi) is 21.2. The molecular weight excluding hydrogens is 729 g/mol. The zero-order valence-corrected chi connectivity index (χ0v) is 42.8. The van der Waals surface area contributed by atoms with Gasteiger partial charge in [-0.1, -0.05) is 133 Å². The smallest absolute Gasteiger partial charge is 0.192 e. The first-order valence-electron chi connectivity index (χ1n) is 23.3. The van der Waals surface area contributed by atoms with Crippen LogP contribution < -0.4 is 0 Å². The third-order valence-electron chi connectivity index (χ3n) is 14.5. The van der Waals surface area contributed by atoms with Crippen LogP contribution in [0.4, 0.5) is 0 Å². The van der Waals surface area contributed by atoms with Crippen LogP contribution in [0.15, 0.2) is 12.7 Å². The maximum atomic E-state index is 7.42. The van der Waals surface area contributed by atoms with E-state index in [1.54, 1.807) is 0 Å². The number of unbranched alkanes of at least 4 members (excludes halogenated alkanes) is 9. The van der Waals surface area contributed by atoms with E-state index in [0.717, 1.165) is 57.8 Å². The molecule has 0 aromatic rings. The molecule has 2 heterocycles. The Labute approximate surface area is 347 Å². The molecule has 0 amide bonds. The van der Waals surface area contributed by atoms with Gasteiger partial charge in [0.15, 0.2) is 25.0 Å². The van der Waals surface area contributed by atoms with Crippen molar-refractivity contribution in [3.63, 3.8) is 0 Å². The van der Waals surface area contributed by atoms with Gasteiger partial charge in [0.05, 0.1) is 42.7 Å². The third-order valence-corrected chi connectivity index (χ3v) is 28.0. The molecule has 326 valence electrons. The van der Waals surface area contributed by atoms with Crippen LogP contribution in [-0.4, -0.2) is 67.7 Å². The third kappa shape index (κ3) is 17.0. The van der Waals surface area contributed by atoms with E-state index in [9.17, 15) is 0 Å². The Morgan fingerprint density at radius 2 is 0.909 bits per heavy atom. The highest BCUT2D eigenvalue weighted by Gasteiger charge is 2.47. The van der Waals surface area contributed by atoms with Gasteiger partial charge in [0, 0.05) is 0 Å². The molecule has 0 aliphatic carbocycles. The summed E-state index contributed by atoms with van der Waals surface area (Å²) in [6, 6.07) is 0. The highest BCUT2D eigenvalue weighted by Crippen LogP contribution is 2.44. The Morgan fingerprint density at radius 3 is 1.33 bits per heavy atom. The summed E-state index contributed by atoms with van der Waals surface area (Å²) in [5, 5.41) is 0.432. The molecule has 0 spiro atoms. The Hall–Kier alpha value is 0.191. The summed E-state index contributed by atoms with van der Waals surface area (Å²) in [7, 11) is -6.09. The molecule has 0 aromatic carbocycles. The fraction of sp³-hybridized carbons (Fsp3) is 0.957. The van der Waals surface area contributed by atoms with Gasteiger partial charge < -0.3 is 22.8 Å². The molecule has 0 bridgehead atoms. The Morgan fingerprint density at radius 1 is 0.527 bits per heavy atom. The van der Waals surface area contributed by atoms with Crippen molar-refractivity contribution in [1.29, 1.82) is 0 Å². The van der Waals surface area contributed by atoms with E-state index < -0.39 is 25.0 Å². The second-order valence-corrected chi connectivity index (χ2v) is 36.6. The van der Waals surface area contributed by atoms with Crippen LogP contribution in [-0.2, 0) is 22.8 Å². The summed E-state index contributed by atoms with van der Waals surface area (Å²) >= 11 is 0. The van der Waals surface area contributed by atoms with Gasteiger partial charge in [0.1, 0.15) is 0 Å². The quantitative estimate of drug-likeness (QED) is 0.0494. The highest BCUT2D eigenvalue weighted by molar-refractivity contribution is 6.75. The van der Waals surface area contributed by atoms with E-state index in [-0.39, 0.29) is 51.7 Å². The predicted octanol–water partition coefficient (Wildman–Crippen LogP) is 15.3. The standard InChI is InChI=1S/C47H96O5Si3/c1-18-20-22-24-25-26-27-29-31-42(50-53(12,13)45(3,4)5)40-34-35-41(49-40)44(52-55(16,17)47(9,10)11)37-36-43(51-54(14,15)46(6,7)8)39-33-32-38(48-39)30-28-23-21-19-2/h19,38-44H,2,18,20-37H2,1,3-17H3/t38-,39+,40-,41+,42+,43+,44+/m1/s1. The summed E-state index contributed by atoms with van der Waals surface area (Å²) in [6.45, 7) is 42.0. The largest absolute Gasteiger partial charge is 0.411 e. The minimum Gasteiger partial charge on any atom is -0.411 e. The van der Waals surface area contributed by atoms with E-state index in [2.05, 4.69) is 115 Å². The Bertz CT molecular complexity index is 1070. The lowest BCUT2D eigenvalue weighted by atomic mass is 9.98. The molecule has 0 radical (unpaired) electrons. The molecule has 55 heavy (non-hydrogen) atoms. The zero-order valence-electron chi connectivity index (χ0n) is 39.8. The second-order valence-electron chi connectivity index (χ2n) is 22.3. The van der Waals surface area contributed by atoms with Crippen LogP contribution in [0.3, 0.4) is 0 Å². The molecular formula is C47H96O5Si3. The fourth-order valence-corrected chi connectivity index (χ4v) is 11.7. The van der Waals surface area contributed by atoms with Crippen LogP contribution >= 0.6 is 0 Å². The molecule has 0 saturated carbocycles. The molecule has 0 unspecified atom stereocenters. The molecule has 0 aromatic heterocycles. The number of hydrogen-bond acceptors (Lipinski definition) is 5. The van der Waals surface area contributed by atoms with E-state index in [4.69, 9.17) is 22.8 Å². The molecule has 2 saturated heterocycles. The molecule has 2 rings (SSSR count). The normalized spacial score (nSPS) is 23.6. The van der Waals surface area contributed by atoms with E-state index in [1.807, 2.05) is 6.08 Å². The van der Waals surface area contributed by atoms with Gasteiger partial charge in [-0.2, -0.15) is 0 Å². The summed E-state index contributed by atoms with van der Waals surface area (Å²) in [5.41, 5.74) is 0. The minimum absolute atomic E-state index is 0.0455. The summed E-state index contributed by atoms with van der Waals surface area (Å²) in [4.78, 5) is 0. The maximum absolute atomic E-state index is 7.42. The maximum Gasteiger partial charge on any atom is 0.192 e. The van der Waals surface area contributed by atoms with E-state index in [0.29, 0.717) is 6.10 Å². The molecule has 5 nitrogen and oxygen atoms in total. The highest BCUT2D eigenvalue weighted by atomic mass is 28.4. The number of rotatable bonds is 26. The lowest BCUT2D eigenvalue weighted by molar-refractivity contribution is -0.0776. The van der Waals surface area contributed by atoms with Gasteiger partial charge >= 0.3 is 0 Å². The van der Waals surface area contributed by atoms with Gasteiger partial charge in [0.2, 0.25) is 0 Å². The number of ether oxygens (including phenoxy) is 2. The minimum atomic E-state index is -2.08.